The zero-order valence-corrected chi connectivity index (χ0v) is 20.1. The van der Waals surface area contributed by atoms with Crippen molar-refractivity contribution >= 4 is 54.3 Å². The molecule has 1 nitrogen and oxygen atoms in total. The molecule has 0 atom stereocenters. The predicted octanol–water partition coefficient (Wildman–Crippen LogP) is 10.4. The Hall–Kier alpha value is -4.88. The third-order valence-electron chi connectivity index (χ3n) is 7.64. The first-order chi connectivity index (χ1) is 18.4. The van der Waals surface area contributed by atoms with E-state index in [4.69, 9.17) is 4.42 Å². The number of benzene rings is 7. The zero-order chi connectivity index (χ0) is 24.3. The second-order valence-electron chi connectivity index (χ2n) is 9.68. The van der Waals surface area contributed by atoms with Crippen molar-refractivity contribution in [2.24, 2.45) is 0 Å². The summed E-state index contributed by atoms with van der Waals surface area (Å²) in [5.74, 6) is 0. The van der Waals surface area contributed by atoms with Gasteiger partial charge in [0.2, 0.25) is 0 Å². The fourth-order valence-corrected chi connectivity index (χ4v) is 6.02. The summed E-state index contributed by atoms with van der Waals surface area (Å²) in [7, 11) is 0. The largest absolute Gasteiger partial charge is 0.455 e. The Labute approximate surface area is 214 Å². The summed E-state index contributed by atoms with van der Waals surface area (Å²) in [4.78, 5) is 0. The van der Waals surface area contributed by atoms with Crippen LogP contribution in [0, 0.1) is 0 Å². The molecule has 0 aliphatic rings. The first kappa shape index (κ1) is 20.3. The van der Waals surface area contributed by atoms with E-state index in [1.165, 1.54) is 49.0 Å². The maximum absolute atomic E-state index is 6.46. The van der Waals surface area contributed by atoms with Crippen molar-refractivity contribution in [3.63, 3.8) is 0 Å². The molecule has 1 aromatic heterocycles. The van der Waals surface area contributed by atoms with E-state index >= 15 is 0 Å². The predicted molar refractivity (Wildman–Crippen MR) is 157 cm³/mol. The molecule has 0 unspecified atom stereocenters. The molecule has 7 aromatic carbocycles. The Bertz CT molecular complexity index is 2130. The quantitative estimate of drug-likeness (QED) is 0.229. The van der Waals surface area contributed by atoms with Gasteiger partial charge in [-0.15, -0.1) is 0 Å². The SMILES string of the molecule is c1ccc(-c2cc3cc(-c4cccc5c4oc4ccccc45)c4ccccc4c3c3ccccc23)cc1. The van der Waals surface area contributed by atoms with Crippen LogP contribution in [0.15, 0.2) is 138 Å². The van der Waals surface area contributed by atoms with Gasteiger partial charge < -0.3 is 4.42 Å². The van der Waals surface area contributed by atoms with Crippen LogP contribution in [0.5, 0.6) is 0 Å². The lowest BCUT2D eigenvalue weighted by atomic mass is 9.87. The topological polar surface area (TPSA) is 13.1 Å². The standard InChI is InChI=1S/C36H22O/c1-2-11-23(12-3-1)32-21-24-22-33(31-19-10-18-30-27-15-8-9-20-34(27)37-36(30)31)26-14-5-7-17-29(26)35(24)28-16-6-4-13-25(28)32/h1-22H. The molecule has 0 saturated heterocycles. The number of hydrogen-bond acceptors (Lipinski definition) is 1. The van der Waals surface area contributed by atoms with Gasteiger partial charge in [0.25, 0.3) is 0 Å². The van der Waals surface area contributed by atoms with E-state index in [0.29, 0.717) is 0 Å². The van der Waals surface area contributed by atoms with Crippen LogP contribution in [0.1, 0.15) is 0 Å². The number of fused-ring (bicyclic) bond motifs is 8. The van der Waals surface area contributed by atoms with Crippen molar-refractivity contribution in [1.29, 1.82) is 0 Å². The molecule has 0 aliphatic carbocycles. The van der Waals surface area contributed by atoms with Gasteiger partial charge in [-0.25, -0.2) is 0 Å². The molecular weight excluding hydrogens is 448 g/mol. The van der Waals surface area contributed by atoms with E-state index in [2.05, 4.69) is 127 Å². The molecule has 0 aliphatic heterocycles. The number of furan rings is 1. The summed E-state index contributed by atoms with van der Waals surface area (Å²) in [6.45, 7) is 0. The molecule has 0 spiro atoms. The van der Waals surface area contributed by atoms with Gasteiger partial charge >= 0.3 is 0 Å². The molecular formula is C36H22O. The molecule has 8 aromatic rings. The molecule has 0 saturated carbocycles. The van der Waals surface area contributed by atoms with E-state index in [1.54, 1.807) is 0 Å². The van der Waals surface area contributed by atoms with Crippen LogP contribution < -0.4 is 0 Å². The van der Waals surface area contributed by atoms with E-state index in [-0.39, 0.29) is 0 Å². The molecule has 0 N–H and O–H groups in total. The molecule has 1 heteroatoms. The van der Waals surface area contributed by atoms with E-state index in [1.807, 2.05) is 6.07 Å². The lowest BCUT2D eigenvalue weighted by molar-refractivity contribution is 0.670. The van der Waals surface area contributed by atoms with Crippen molar-refractivity contribution in [2.75, 3.05) is 0 Å². The Morgan fingerprint density at radius 2 is 0.946 bits per heavy atom. The smallest absolute Gasteiger partial charge is 0.143 e. The van der Waals surface area contributed by atoms with Gasteiger partial charge in [-0.3, -0.25) is 0 Å². The van der Waals surface area contributed by atoms with Gasteiger partial charge in [-0.1, -0.05) is 115 Å². The highest BCUT2D eigenvalue weighted by molar-refractivity contribution is 6.26. The molecule has 172 valence electrons. The van der Waals surface area contributed by atoms with Crippen molar-refractivity contribution in [3.05, 3.63) is 133 Å². The van der Waals surface area contributed by atoms with Crippen LogP contribution in [-0.4, -0.2) is 0 Å². The average molecular weight is 471 g/mol. The molecule has 37 heavy (non-hydrogen) atoms. The highest BCUT2D eigenvalue weighted by atomic mass is 16.3. The monoisotopic (exact) mass is 470 g/mol. The minimum absolute atomic E-state index is 0.924. The lowest BCUT2D eigenvalue weighted by Crippen LogP contribution is -1.89. The van der Waals surface area contributed by atoms with Crippen molar-refractivity contribution in [1.82, 2.24) is 0 Å². The Balaban J connectivity index is 1.54. The number of hydrogen-bond donors (Lipinski definition) is 0. The third kappa shape index (κ3) is 2.98. The third-order valence-corrected chi connectivity index (χ3v) is 7.64. The second kappa shape index (κ2) is 7.81. The minimum atomic E-state index is 0.924. The molecule has 0 amide bonds. The van der Waals surface area contributed by atoms with E-state index < -0.39 is 0 Å². The average Bonchev–Trinajstić information content (AvgIpc) is 3.36. The second-order valence-corrected chi connectivity index (χ2v) is 9.68. The first-order valence-corrected chi connectivity index (χ1v) is 12.7. The van der Waals surface area contributed by atoms with Gasteiger partial charge in [-0.2, -0.15) is 0 Å². The van der Waals surface area contributed by atoms with Gasteiger partial charge in [0, 0.05) is 16.3 Å². The van der Waals surface area contributed by atoms with Gasteiger partial charge in [0.15, 0.2) is 0 Å². The molecule has 1 heterocycles. The normalized spacial score (nSPS) is 11.8. The summed E-state index contributed by atoms with van der Waals surface area (Å²) in [5, 5.41) is 9.90. The van der Waals surface area contributed by atoms with E-state index in [0.717, 1.165) is 27.5 Å². The summed E-state index contributed by atoms with van der Waals surface area (Å²) >= 11 is 0. The van der Waals surface area contributed by atoms with Gasteiger partial charge in [0.1, 0.15) is 11.2 Å². The fraction of sp³-hybridized carbons (Fsp3) is 0. The van der Waals surface area contributed by atoms with Crippen LogP contribution in [-0.2, 0) is 0 Å². The van der Waals surface area contributed by atoms with Crippen LogP contribution in [0.2, 0.25) is 0 Å². The maximum atomic E-state index is 6.46. The maximum Gasteiger partial charge on any atom is 0.143 e. The molecule has 0 fully saturated rings. The van der Waals surface area contributed by atoms with Crippen molar-refractivity contribution < 1.29 is 4.42 Å². The Kier molecular flexibility index (Phi) is 4.29. The van der Waals surface area contributed by atoms with Crippen LogP contribution in [0.4, 0.5) is 0 Å². The Morgan fingerprint density at radius 1 is 0.378 bits per heavy atom. The summed E-state index contributed by atoms with van der Waals surface area (Å²) in [6.07, 6.45) is 0. The van der Waals surface area contributed by atoms with Gasteiger partial charge in [-0.05, 0) is 67.2 Å². The zero-order valence-electron chi connectivity index (χ0n) is 20.1. The van der Waals surface area contributed by atoms with Crippen molar-refractivity contribution in [3.8, 4) is 22.3 Å². The number of para-hydroxylation sites is 2. The van der Waals surface area contributed by atoms with Crippen LogP contribution in [0.3, 0.4) is 0 Å². The summed E-state index contributed by atoms with van der Waals surface area (Å²) in [6, 6.07) is 47.8. The highest BCUT2D eigenvalue weighted by Crippen LogP contribution is 2.44. The van der Waals surface area contributed by atoms with Crippen LogP contribution >= 0.6 is 0 Å². The van der Waals surface area contributed by atoms with Crippen molar-refractivity contribution in [2.45, 2.75) is 0 Å². The van der Waals surface area contributed by atoms with Gasteiger partial charge in [0.05, 0.1) is 0 Å². The highest BCUT2D eigenvalue weighted by Gasteiger charge is 2.17. The lowest BCUT2D eigenvalue weighted by Gasteiger charge is -2.16. The minimum Gasteiger partial charge on any atom is -0.455 e. The summed E-state index contributed by atoms with van der Waals surface area (Å²) < 4.78 is 6.46. The fourth-order valence-electron chi connectivity index (χ4n) is 6.02. The number of rotatable bonds is 2. The van der Waals surface area contributed by atoms with Crippen LogP contribution in [0.25, 0.3) is 76.5 Å². The molecule has 0 bridgehead atoms. The molecule has 8 rings (SSSR count). The molecule has 0 radical (unpaired) electrons. The first-order valence-electron chi connectivity index (χ1n) is 12.7. The summed E-state index contributed by atoms with van der Waals surface area (Å²) in [5.41, 5.74) is 6.68. The van der Waals surface area contributed by atoms with E-state index in [9.17, 15) is 0 Å². The Morgan fingerprint density at radius 3 is 1.70 bits per heavy atom.